The summed E-state index contributed by atoms with van der Waals surface area (Å²) in [5.41, 5.74) is 5.09. The first-order valence-electron chi connectivity index (χ1n) is 8.38. The second kappa shape index (κ2) is 5.78. The maximum Gasteiger partial charge on any atom is 0.307 e. The summed E-state index contributed by atoms with van der Waals surface area (Å²) in [6.07, 6.45) is 4.03. The summed E-state index contributed by atoms with van der Waals surface area (Å²) < 4.78 is 0. The number of benzene rings is 2. The highest BCUT2D eigenvalue weighted by molar-refractivity contribution is 6.04. The molecular weight excluding hydrogens is 302 g/mol. The van der Waals surface area contributed by atoms with E-state index >= 15 is 0 Å². The minimum atomic E-state index is -0.728. The number of aliphatic carboxylic acids is 1. The molecule has 0 spiro atoms. The SMILES string of the molecule is O=C(Nc1ccc([C@@H]2C[C@H]2C(=O)O)cc1)c1ccc2c(c1)CCC2. The lowest BCUT2D eigenvalue weighted by molar-refractivity contribution is -0.138. The van der Waals surface area contributed by atoms with Crippen molar-refractivity contribution in [2.24, 2.45) is 5.92 Å². The van der Waals surface area contributed by atoms with Gasteiger partial charge in [-0.1, -0.05) is 18.2 Å². The van der Waals surface area contributed by atoms with Crippen molar-refractivity contribution in [1.29, 1.82) is 0 Å². The third-order valence-electron chi connectivity index (χ3n) is 5.07. The van der Waals surface area contributed by atoms with E-state index in [1.54, 1.807) is 0 Å². The molecule has 2 N–H and O–H groups in total. The van der Waals surface area contributed by atoms with Crippen LogP contribution in [0.15, 0.2) is 42.5 Å². The molecule has 4 rings (SSSR count). The number of rotatable bonds is 4. The van der Waals surface area contributed by atoms with Crippen LogP contribution in [0.25, 0.3) is 0 Å². The lowest BCUT2D eigenvalue weighted by atomic mass is 10.1. The molecule has 2 aromatic rings. The maximum absolute atomic E-state index is 12.4. The van der Waals surface area contributed by atoms with E-state index in [2.05, 4.69) is 11.4 Å². The average molecular weight is 321 g/mol. The predicted molar refractivity (Wildman–Crippen MR) is 91.3 cm³/mol. The van der Waals surface area contributed by atoms with Gasteiger partial charge in [0.1, 0.15) is 0 Å². The van der Waals surface area contributed by atoms with Gasteiger partial charge in [-0.05, 0) is 72.6 Å². The first-order valence-corrected chi connectivity index (χ1v) is 8.38. The molecule has 122 valence electrons. The fourth-order valence-corrected chi connectivity index (χ4v) is 3.57. The highest BCUT2D eigenvalue weighted by atomic mass is 16.4. The fourth-order valence-electron chi connectivity index (χ4n) is 3.57. The van der Waals surface area contributed by atoms with Crippen molar-refractivity contribution in [3.8, 4) is 0 Å². The fraction of sp³-hybridized carbons (Fsp3) is 0.300. The highest BCUT2D eigenvalue weighted by Crippen LogP contribution is 2.47. The maximum atomic E-state index is 12.4. The Bertz CT molecular complexity index is 810. The number of anilines is 1. The summed E-state index contributed by atoms with van der Waals surface area (Å²) in [4.78, 5) is 23.3. The molecule has 1 fully saturated rings. The summed E-state index contributed by atoms with van der Waals surface area (Å²) in [6.45, 7) is 0. The second-order valence-electron chi connectivity index (χ2n) is 6.70. The van der Waals surface area contributed by atoms with Crippen LogP contribution < -0.4 is 5.32 Å². The third kappa shape index (κ3) is 2.80. The molecule has 0 radical (unpaired) electrons. The van der Waals surface area contributed by atoms with Gasteiger partial charge in [0.15, 0.2) is 0 Å². The van der Waals surface area contributed by atoms with E-state index in [0.29, 0.717) is 12.0 Å². The molecule has 0 heterocycles. The van der Waals surface area contributed by atoms with Crippen molar-refractivity contribution in [2.45, 2.75) is 31.6 Å². The van der Waals surface area contributed by atoms with E-state index in [9.17, 15) is 9.59 Å². The van der Waals surface area contributed by atoms with Crippen LogP contribution in [0.2, 0.25) is 0 Å². The molecule has 4 heteroatoms. The number of fused-ring (bicyclic) bond motifs is 1. The Morgan fingerprint density at radius 2 is 1.75 bits per heavy atom. The van der Waals surface area contributed by atoms with Crippen molar-refractivity contribution in [3.05, 3.63) is 64.7 Å². The highest BCUT2D eigenvalue weighted by Gasteiger charge is 2.43. The molecular formula is C20H19NO3. The first-order chi connectivity index (χ1) is 11.6. The van der Waals surface area contributed by atoms with Gasteiger partial charge < -0.3 is 10.4 Å². The normalized spacial score (nSPS) is 21.2. The average Bonchev–Trinajstić information content (AvgIpc) is 3.25. The van der Waals surface area contributed by atoms with Crippen molar-refractivity contribution < 1.29 is 14.7 Å². The molecule has 1 saturated carbocycles. The van der Waals surface area contributed by atoms with Crippen molar-refractivity contribution >= 4 is 17.6 Å². The Kier molecular flexibility index (Phi) is 3.60. The number of aryl methyl sites for hydroxylation is 2. The topological polar surface area (TPSA) is 66.4 Å². The molecule has 4 nitrogen and oxygen atoms in total. The summed E-state index contributed by atoms with van der Waals surface area (Å²) >= 11 is 0. The molecule has 0 bridgehead atoms. The van der Waals surface area contributed by atoms with E-state index in [1.165, 1.54) is 17.5 Å². The zero-order chi connectivity index (χ0) is 16.7. The number of carboxylic acids is 1. The van der Waals surface area contributed by atoms with E-state index in [1.807, 2.05) is 36.4 Å². The van der Waals surface area contributed by atoms with Crippen LogP contribution >= 0.6 is 0 Å². The molecule has 0 unspecified atom stereocenters. The van der Waals surface area contributed by atoms with Gasteiger partial charge in [-0.3, -0.25) is 9.59 Å². The van der Waals surface area contributed by atoms with E-state index < -0.39 is 5.97 Å². The zero-order valence-electron chi connectivity index (χ0n) is 13.3. The quantitative estimate of drug-likeness (QED) is 0.904. The number of carbonyl (C=O) groups is 2. The van der Waals surface area contributed by atoms with Gasteiger partial charge in [0, 0.05) is 11.3 Å². The lowest BCUT2D eigenvalue weighted by Crippen LogP contribution is -2.12. The molecule has 0 saturated heterocycles. The predicted octanol–water partition coefficient (Wildman–Crippen LogP) is 3.62. The van der Waals surface area contributed by atoms with Gasteiger partial charge in [0.2, 0.25) is 0 Å². The van der Waals surface area contributed by atoms with Gasteiger partial charge >= 0.3 is 5.97 Å². The van der Waals surface area contributed by atoms with E-state index in [4.69, 9.17) is 5.11 Å². The molecule has 2 atom stereocenters. The van der Waals surface area contributed by atoms with Crippen molar-refractivity contribution in [3.63, 3.8) is 0 Å². The molecule has 24 heavy (non-hydrogen) atoms. The Labute approximate surface area is 140 Å². The van der Waals surface area contributed by atoms with Gasteiger partial charge in [0.05, 0.1) is 5.92 Å². The lowest BCUT2D eigenvalue weighted by Gasteiger charge is -2.08. The van der Waals surface area contributed by atoms with Gasteiger partial charge in [-0.25, -0.2) is 0 Å². The third-order valence-corrected chi connectivity index (χ3v) is 5.07. The van der Waals surface area contributed by atoms with Crippen LogP contribution in [-0.2, 0) is 17.6 Å². The number of amides is 1. The second-order valence-corrected chi connectivity index (χ2v) is 6.70. The molecule has 1 amide bonds. The smallest absolute Gasteiger partial charge is 0.307 e. The Morgan fingerprint density at radius 1 is 1.00 bits per heavy atom. The summed E-state index contributed by atoms with van der Waals surface area (Å²) in [5, 5.41) is 11.9. The molecule has 2 aromatic carbocycles. The van der Waals surface area contributed by atoms with Crippen LogP contribution in [0, 0.1) is 5.92 Å². The van der Waals surface area contributed by atoms with E-state index in [-0.39, 0.29) is 17.7 Å². The van der Waals surface area contributed by atoms with Gasteiger partial charge in [-0.15, -0.1) is 0 Å². The first kappa shape index (κ1) is 14.9. The van der Waals surface area contributed by atoms with Crippen LogP contribution in [0.1, 0.15) is 45.8 Å². The largest absolute Gasteiger partial charge is 0.481 e. The van der Waals surface area contributed by atoms with Crippen LogP contribution in [0.3, 0.4) is 0 Å². The Morgan fingerprint density at radius 3 is 2.46 bits per heavy atom. The minimum Gasteiger partial charge on any atom is -0.481 e. The minimum absolute atomic E-state index is 0.104. The molecule has 0 aromatic heterocycles. The number of carboxylic acid groups (broad SMARTS) is 1. The summed E-state index contributed by atoms with van der Waals surface area (Å²) in [6, 6.07) is 13.4. The Balaban J connectivity index is 1.43. The molecule has 2 aliphatic rings. The number of hydrogen-bond acceptors (Lipinski definition) is 2. The summed E-state index contributed by atoms with van der Waals surface area (Å²) in [5.74, 6) is -0.970. The van der Waals surface area contributed by atoms with Crippen LogP contribution in [0.5, 0.6) is 0 Å². The standard InChI is InChI=1S/C20H19NO3/c22-19(15-5-4-12-2-1-3-14(12)10-15)21-16-8-6-13(7-9-16)17-11-18(17)20(23)24/h4-10,17-18H,1-3,11H2,(H,21,22)(H,23,24)/t17-,18+/m0/s1. The molecule has 2 aliphatic carbocycles. The van der Waals surface area contributed by atoms with Gasteiger partial charge in [0.25, 0.3) is 5.91 Å². The van der Waals surface area contributed by atoms with Crippen LogP contribution in [0.4, 0.5) is 5.69 Å². The number of hydrogen-bond donors (Lipinski definition) is 2. The van der Waals surface area contributed by atoms with Crippen molar-refractivity contribution in [1.82, 2.24) is 0 Å². The Hall–Kier alpha value is -2.62. The van der Waals surface area contributed by atoms with Gasteiger partial charge in [-0.2, -0.15) is 0 Å². The number of carbonyl (C=O) groups excluding carboxylic acids is 1. The van der Waals surface area contributed by atoms with Crippen LogP contribution in [-0.4, -0.2) is 17.0 Å². The van der Waals surface area contributed by atoms with E-state index in [0.717, 1.165) is 24.1 Å². The monoisotopic (exact) mass is 321 g/mol. The zero-order valence-corrected chi connectivity index (χ0v) is 13.3. The molecule has 0 aliphatic heterocycles. The summed E-state index contributed by atoms with van der Waals surface area (Å²) in [7, 11) is 0. The number of nitrogens with one attached hydrogen (secondary N) is 1. The van der Waals surface area contributed by atoms with Crippen molar-refractivity contribution in [2.75, 3.05) is 5.32 Å².